The maximum atomic E-state index is 12.1. The van der Waals surface area contributed by atoms with Crippen LogP contribution < -0.4 is 5.32 Å². The maximum absolute atomic E-state index is 12.1. The summed E-state index contributed by atoms with van der Waals surface area (Å²) in [4.78, 5) is 12.1. The summed E-state index contributed by atoms with van der Waals surface area (Å²) in [6, 6.07) is 4.69. The number of nitrogens with one attached hydrogen (secondary N) is 1. The summed E-state index contributed by atoms with van der Waals surface area (Å²) in [5, 5.41) is 13.6. The summed E-state index contributed by atoms with van der Waals surface area (Å²) in [6.07, 6.45) is -1.06. The van der Waals surface area contributed by atoms with Crippen LogP contribution in [0.2, 0.25) is 10.0 Å². The van der Waals surface area contributed by atoms with E-state index >= 15 is 0 Å². The van der Waals surface area contributed by atoms with E-state index in [9.17, 15) is 9.90 Å². The molecule has 1 aliphatic heterocycles. The normalized spacial score (nSPS) is 25.6. The first kappa shape index (κ1) is 16.5. The van der Waals surface area contributed by atoms with Gasteiger partial charge in [0.05, 0.1) is 29.9 Å². The molecule has 2 rings (SSSR count). The lowest BCUT2D eigenvalue weighted by Gasteiger charge is -2.33. The van der Waals surface area contributed by atoms with E-state index in [0.717, 1.165) is 0 Å². The zero-order valence-corrected chi connectivity index (χ0v) is 13.0. The molecule has 2 N–H and O–H groups in total. The zero-order valence-electron chi connectivity index (χ0n) is 11.5. The van der Waals surface area contributed by atoms with Crippen molar-refractivity contribution in [2.24, 2.45) is 5.92 Å². The monoisotopic (exact) mass is 333 g/mol. The minimum atomic E-state index is -0.682. The van der Waals surface area contributed by atoms with Crippen molar-refractivity contribution in [3.05, 3.63) is 33.8 Å². The average molecular weight is 334 g/mol. The van der Waals surface area contributed by atoms with Crippen molar-refractivity contribution >= 4 is 29.1 Å². The van der Waals surface area contributed by atoms with Crippen LogP contribution in [0.25, 0.3) is 0 Å². The third kappa shape index (κ3) is 4.08. The largest absolute Gasteiger partial charge is 0.390 e. The SMILES string of the molecule is CO[C@@H]1COC[C@@H](CNC(=O)c2cc(Cl)ccc2Cl)[C@@H]1O. The highest BCUT2D eigenvalue weighted by atomic mass is 35.5. The van der Waals surface area contributed by atoms with E-state index in [1.807, 2.05) is 0 Å². The molecule has 1 fully saturated rings. The van der Waals surface area contributed by atoms with Crippen LogP contribution >= 0.6 is 23.2 Å². The minimum absolute atomic E-state index is 0.231. The van der Waals surface area contributed by atoms with Gasteiger partial charge in [-0.2, -0.15) is 0 Å². The molecule has 0 aromatic heterocycles. The van der Waals surface area contributed by atoms with Crippen molar-refractivity contribution in [1.29, 1.82) is 0 Å². The second kappa shape index (κ2) is 7.42. The number of aliphatic hydroxyl groups excluding tert-OH is 1. The lowest BCUT2D eigenvalue weighted by atomic mass is 9.96. The van der Waals surface area contributed by atoms with Gasteiger partial charge in [0.15, 0.2) is 0 Å². The second-order valence-corrected chi connectivity index (χ2v) is 5.74. The molecule has 3 atom stereocenters. The number of benzene rings is 1. The van der Waals surface area contributed by atoms with E-state index in [2.05, 4.69) is 5.32 Å². The van der Waals surface area contributed by atoms with Crippen LogP contribution in [0.1, 0.15) is 10.4 Å². The number of methoxy groups -OCH3 is 1. The van der Waals surface area contributed by atoms with Crippen LogP contribution in [-0.2, 0) is 9.47 Å². The second-order valence-electron chi connectivity index (χ2n) is 4.90. The van der Waals surface area contributed by atoms with Crippen molar-refractivity contribution in [3.8, 4) is 0 Å². The Balaban J connectivity index is 1.96. The molecule has 116 valence electrons. The number of ether oxygens (including phenoxy) is 2. The molecule has 1 saturated heterocycles. The average Bonchev–Trinajstić information content (AvgIpc) is 2.48. The Morgan fingerprint density at radius 2 is 2.24 bits per heavy atom. The van der Waals surface area contributed by atoms with Crippen molar-refractivity contribution in [2.75, 3.05) is 26.9 Å². The van der Waals surface area contributed by atoms with E-state index in [4.69, 9.17) is 32.7 Å². The third-order valence-electron chi connectivity index (χ3n) is 3.48. The lowest BCUT2D eigenvalue weighted by molar-refractivity contribution is -0.132. The molecule has 0 radical (unpaired) electrons. The molecule has 1 aromatic carbocycles. The quantitative estimate of drug-likeness (QED) is 0.880. The summed E-state index contributed by atoms with van der Waals surface area (Å²) in [7, 11) is 1.52. The minimum Gasteiger partial charge on any atom is -0.390 e. The highest BCUT2D eigenvalue weighted by Gasteiger charge is 2.32. The Morgan fingerprint density at radius 1 is 1.48 bits per heavy atom. The van der Waals surface area contributed by atoms with Gasteiger partial charge in [-0.3, -0.25) is 4.79 Å². The van der Waals surface area contributed by atoms with Gasteiger partial charge in [-0.1, -0.05) is 23.2 Å². The Hall–Kier alpha value is -0.850. The predicted molar refractivity (Wildman–Crippen MR) is 79.9 cm³/mol. The van der Waals surface area contributed by atoms with Crippen molar-refractivity contribution in [2.45, 2.75) is 12.2 Å². The van der Waals surface area contributed by atoms with Gasteiger partial charge in [-0.05, 0) is 18.2 Å². The van der Waals surface area contributed by atoms with Gasteiger partial charge >= 0.3 is 0 Å². The van der Waals surface area contributed by atoms with Crippen LogP contribution in [-0.4, -0.2) is 50.1 Å². The van der Waals surface area contributed by atoms with Crippen LogP contribution in [0.5, 0.6) is 0 Å². The summed E-state index contributed by atoms with van der Waals surface area (Å²) < 4.78 is 10.5. The van der Waals surface area contributed by atoms with Gasteiger partial charge in [0.2, 0.25) is 0 Å². The van der Waals surface area contributed by atoms with Crippen LogP contribution in [0.4, 0.5) is 0 Å². The van der Waals surface area contributed by atoms with E-state index in [0.29, 0.717) is 28.8 Å². The number of halogens is 2. The number of amides is 1. The van der Waals surface area contributed by atoms with Gasteiger partial charge in [0.25, 0.3) is 5.91 Å². The molecule has 0 aliphatic carbocycles. The number of rotatable bonds is 4. The topological polar surface area (TPSA) is 67.8 Å². The Bertz CT molecular complexity index is 512. The van der Waals surface area contributed by atoms with Crippen molar-refractivity contribution < 1.29 is 19.4 Å². The fraction of sp³-hybridized carbons (Fsp3) is 0.500. The Labute approximate surface area is 133 Å². The predicted octanol–water partition coefficient (Wildman–Crippen LogP) is 1.75. The number of hydrogen-bond acceptors (Lipinski definition) is 4. The molecule has 7 heteroatoms. The fourth-order valence-corrected chi connectivity index (χ4v) is 2.59. The van der Waals surface area contributed by atoms with E-state index < -0.39 is 6.10 Å². The number of carbonyl (C=O) groups excluding carboxylic acids is 1. The first-order valence-corrected chi connectivity index (χ1v) is 7.30. The van der Waals surface area contributed by atoms with E-state index in [-0.39, 0.29) is 24.5 Å². The molecule has 0 saturated carbocycles. The standard InChI is InChI=1S/C14H17Cl2NO4/c1-20-12-7-21-6-8(13(12)18)5-17-14(19)10-4-9(15)2-3-11(10)16/h2-4,8,12-13,18H,5-7H2,1H3,(H,17,19)/t8-,12-,13+/m1/s1. The Kier molecular flexibility index (Phi) is 5.84. The zero-order chi connectivity index (χ0) is 15.4. The lowest BCUT2D eigenvalue weighted by Crippen LogP contribution is -2.49. The van der Waals surface area contributed by atoms with Crippen LogP contribution in [0, 0.1) is 5.92 Å². The smallest absolute Gasteiger partial charge is 0.252 e. The number of carbonyl (C=O) groups is 1. The highest BCUT2D eigenvalue weighted by molar-refractivity contribution is 6.35. The third-order valence-corrected chi connectivity index (χ3v) is 4.04. The summed E-state index contributed by atoms with van der Waals surface area (Å²) in [5.41, 5.74) is 0.304. The van der Waals surface area contributed by atoms with Gasteiger partial charge in [-0.15, -0.1) is 0 Å². The maximum Gasteiger partial charge on any atom is 0.252 e. The van der Waals surface area contributed by atoms with Gasteiger partial charge in [0, 0.05) is 24.6 Å². The molecule has 1 amide bonds. The Morgan fingerprint density at radius 3 is 2.95 bits per heavy atom. The fourth-order valence-electron chi connectivity index (χ4n) is 2.21. The molecule has 1 heterocycles. The number of aliphatic hydroxyl groups is 1. The molecule has 0 bridgehead atoms. The number of hydrogen-bond donors (Lipinski definition) is 2. The van der Waals surface area contributed by atoms with Crippen LogP contribution in [0.15, 0.2) is 18.2 Å². The first-order valence-electron chi connectivity index (χ1n) is 6.54. The van der Waals surface area contributed by atoms with Crippen molar-refractivity contribution in [3.63, 3.8) is 0 Å². The van der Waals surface area contributed by atoms with E-state index in [1.165, 1.54) is 13.2 Å². The van der Waals surface area contributed by atoms with Crippen LogP contribution in [0.3, 0.4) is 0 Å². The summed E-state index contributed by atoms with van der Waals surface area (Å²) >= 11 is 11.8. The molecule has 21 heavy (non-hydrogen) atoms. The molecular formula is C14H17Cl2NO4. The first-order chi connectivity index (χ1) is 10.0. The van der Waals surface area contributed by atoms with Gasteiger partial charge in [-0.25, -0.2) is 0 Å². The molecule has 1 aliphatic rings. The molecular weight excluding hydrogens is 317 g/mol. The summed E-state index contributed by atoms with van der Waals surface area (Å²) in [6.45, 7) is 0.982. The molecule has 5 nitrogen and oxygen atoms in total. The van der Waals surface area contributed by atoms with Crippen molar-refractivity contribution in [1.82, 2.24) is 5.32 Å². The highest BCUT2D eigenvalue weighted by Crippen LogP contribution is 2.21. The molecule has 0 spiro atoms. The van der Waals surface area contributed by atoms with Gasteiger partial charge < -0.3 is 19.9 Å². The molecule has 1 aromatic rings. The van der Waals surface area contributed by atoms with E-state index in [1.54, 1.807) is 12.1 Å². The van der Waals surface area contributed by atoms with Gasteiger partial charge in [0.1, 0.15) is 6.10 Å². The molecule has 0 unspecified atom stereocenters. The summed E-state index contributed by atoms with van der Waals surface area (Å²) in [5.74, 6) is -0.570.